The molecule has 0 radical (unpaired) electrons. The Morgan fingerprint density at radius 1 is 1.30 bits per heavy atom. The van der Waals surface area contributed by atoms with Crippen LogP contribution in [-0.2, 0) is 11.2 Å². The second-order valence-electron chi connectivity index (χ2n) is 5.87. The summed E-state index contributed by atoms with van der Waals surface area (Å²) in [4.78, 5) is 0. The average Bonchev–Trinajstić information content (AvgIpc) is 2.49. The Labute approximate surface area is 123 Å². The second-order valence-corrected chi connectivity index (χ2v) is 5.87. The van der Waals surface area contributed by atoms with E-state index in [4.69, 9.17) is 4.74 Å². The van der Waals surface area contributed by atoms with Crippen LogP contribution in [0.2, 0.25) is 0 Å². The zero-order valence-corrected chi connectivity index (χ0v) is 13.2. The summed E-state index contributed by atoms with van der Waals surface area (Å²) in [7, 11) is 1.84. The average molecular weight is 275 g/mol. The topological polar surface area (TPSA) is 21.3 Å². The summed E-state index contributed by atoms with van der Waals surface area (Å²) in [6.07, 6.45) is 6.48. The SMILES string of the molecule is CCNC(CC1CCCc2ccccc21)C(CC)OC. The zero-order chi connectivity index (χ0) is 14.4. The van der Waals surface area contributed by atoms with Crippen LogP contribution in [-0.4, -0.2) is 25.8 Å². The van der Waals surface area contributed by atoms with E-state index in [1.54, 1.807) is 11.1 Å². The molecule has 0 aromatic heterocycles. The Hall–Kier alpha value is -0.860. The molecule has 0 saturated heterocycles. The third kappa shape index (κ3) is 3.62. The number of nitrogens with one attached hydrogen (secondary N) is 1. The van der Waals surface area contributed by atoms with Crippen molar-refractivity contribution in [1.29, 1.82) is 0 Å². The van der Waals surface area contributed by atoms with Crippen molar-refractivity contribution in [2.75, 3.05) is 13.7 Å². The van der Waals surface area contributed by atoms with Gasteiger partial charge >= 0.3 is 0 Å². The molecule has 1 aliphatic carbocycles. The van der Waals surface area contributed by atoms with Crippen LogP contribution in [0.25, 0.3) is 0 Å². The minimum absolute atomic E-state index is 0.323. The molecule has 0 saturated carbocycles. The quantitative estimate of drug-likeness (QED) is 0.815. The van der Waals surface area contributed by atoms with Gasteiger partial charge in [-0.05, 0) is 55.7 Å². The second kappa shape index (κ2) is 7.80. The van der Waals surface area contributed by atoms with Crippen LogP contribution in [0.15, 0.2) is 24.3 Å². The number of ether oxygens (including phenoxy) is 1. The molecule has 2 rings (SSSR count). The van der Waals surface area contributed by atoms with E-state index in [0.717, 1.165) is 13.0 Å². The van der Waals surface area contributed by atoms with E-state index < -0.39 is 0 Å². The molecule has 1 N–H and O–H groups in total. The first-order valence-corrected chi connectivity index (χ1v) is 8.14. The van der Waals surface area contributed by atoms with Crippen molar-refractivity contribution in [2.24, 2.45) is 0 Å². The smallest absolute Gasteiger partial charge is 0.0721 e. The standard InChI is InChI=1S/C18H29NO/c1-4-18(20-3)17(19-5-2)13-15-11-8-10-14-9-6-7-12-16(14)15/h6-7,9,12,15,17-19H,4-5,8,10-11,13H2,1-3H3. The molecule has 1 aromatic carbocycles. The molecule has 1 aliphatic rings. The minimum atomic E-state index is 0.323. The first-order valence-electron chi connectivity index (χ1n) is 8.14. The monoisotopic (exact) mass is 275 g/mol. The van der Waals surface area contributed by atoms with Gasteiger partial charge < -0.3 is 10.1 Å². The predicted molar refractivity (Wildman–Crippen MR) is 85.3 cm³/mol. The fraction of sp³-hybridized carbons (Fsp3) is 0.667. The van der Waals surface area contributed by atoms with Gasteiger partial charge in [-0.2, -0.15) is 0 Å². The van der Waals surface area contributed by atoms with E-state index in [0.29, 0.717) is 18.1 Å². The molecule has 0 amide bonds. The van der Waals surface area contributed by atoms with E-state index >= 15 is 0 Å². The lowest BCUT2D eigenvalue weighted by Crippen LogP contribution is -2.42. The Morgan fingerprint density at radius 2 is 2.10 bits per heavy atom. The van der Waals surface area contributed by atoms with Gasteiger partial charge in [0.2, 0.25) is 0 Å². The van der Waals surface area contributed by atoms with E-state index in [1.165, 1.54) is 25.7 Å². The highest BCUT2D eigenvalue weighted by atomic mass is 16.5. The van der Waals surface area contributed by atoms with Crippen molar-refractivity contribution >= 4 is 0 Å². The highest BCUT2D eigenvalue weighted by molar-refractivity contribution is 5.32. The van der Waals surface area contributed by atoms with Gasteiger partial charge in [0.15, 0.2) is 0 Å². The Bertz CT molecular complexity index is 400. The molecule has 0 fully saturated rings. The zero-order valence-electron chi connectivity index (χ0n) is 13.2. The summed E-state index contributed by atoms with van der Waals surface area (Å²) in [6, 6.07) is 9.46. The number of methoxy groups -OCH3 is 1. The summed E-state index contributed by atoms with van der Waals surface area (Å²) < 4.78 is 5.68. The van der Waals surface area contributed by atoms with Gasteiger partial charge in [-0.3, -0.25) is 0 Å². The number of likely N-dealkylation sites (N-methyl/N-ethyl adjacent to an activating group) is 1. The van der Waals surface area contributed by atoms with Gasteiger partial charge in [-0.15, -0.1) is 0 Å². The van der Waals surface area contributed by atoms with Crippen LogP contribution in [0.5, 0.6) is 0 Å². The van der Waals surface area contributed by atoms with Gasteiger partial charge in [0.1, 0.15) is 0 Å². The van der Waals surface area contributed by atoms with Gasteiger partial charge in [-0.25, -0.2) is 0 Å². The highest BCUT2D eigenvalue weighted by Gasteiger charge is 2.26. The molecule has 1 aromatic rings. The summed E-state index contributed by atoms with van der Waals surface area (Å²) in [5.74, 6) is 0.688. The van der Waals surface area contributed by atoms with Crippen molar-refractivity contribution in [3.63, 3.8) is 0 Å². The van der Waals surface area contributed by atoms with Crippen LogP contribution in [0, 0.1) is 0 Å². The fourth-order valence-corrected chi connectivity index (χ4v) is 3.65. The molecule has 2 nitrogen and oxygen atoms in total. The van der Waals surface area contributed by atoms with Crippen LogP contribution in [0.1, 0.15) is 56.6 Å². The number of benzene rings is 1. The molecule has 0 aliphatic heterocycles. The van der Waals surface area contributed by atoms with Crippen molar-refractivity contribution in [3.05, 3.63) is 35.4 Å². The number of rotatable bonds is 7. The summed E-state index contributed by atoms with van der Waals surface area (Å²) >= 11 is 0. The predicted octanol–water partition coefficient (Wildman–Crippen LogP) is 3.90. The van der Waals surface area contributed by atoms with E-state index in [2.05, 4.69) is 43.4 Å². The van der Waals surface area contributed by atoms with E-state index in [9.17, 15) is 0 Å². The van der Waals surface area contributed by atoms with Gasteiger partial charge in [-0.1, -0.05) is 38.1 Å². The Balaban J connectivity index is 2.11. The lowest BCUT2D eigenvalue weighted by atomic mass is 9.78. The minimum Gasteiger partial charge on any atom is -0.380 e. The van der Waals surface area contributed by atoms with Crippen LogP contribution in [0.4, 0.5) is 0 Å². The molecular formula is C18H29NO. The van der Waals surface area contributed by atoms with Gasteiger partial charge in [0.05, 0.1) is 6.10 Å². The number of hydrogen-bond acceptors (Lipinski definition) is 2. The van der Waals surface area contributed by atoms with Crippen LogP contribution >= 0.6 is 0 Å². The summed E-state index contributed by atoms with van der Waals surface area (Å²) in [5, 5.41) is 3.64. The molecule has 3 unspecified atom stereocenters. The number of hydrogen-bond donors (Lipinski definition) is 1. The number of aryl methyl sites for hydroxylation is 1. The molecule has 0 spiro atoms. The fourth-order valence-electron chi connectivity index (χ4n) is 3.65. The summed E-state index contributed by atoms with van der Waals surface area (Å²) in [5.41, 5.74) is 3.14. The highest BCUT2D eigenvalue weighted by Crippen LogP contribution is 2.35. The third-order valence-electron chi connectivity index (χ3n) is 4.65. The Kier molecular flexibility index (Phi) is 6.06. The molecular weight excluding hydrogens is 246 g/mol. The van der Waals surface area contributed by atoms with Crippen molar-refractivity contribution < 1.29 is 4.74 Å². The molecule has 112 valence electrons. The number of fused-ring (bicyclic) bond motifs is 1. The van der Waals surface area contributed by atoms with Crippen molar-refractivity contribution in [2.45, 2.75) is 64.0 Å². The van der Waals surface area contributed by atoms with Gasteiger partial charge in [0.25, 0.3) is 0 Å². The van der Waals surface area contributed by atoms with Crippen LogP contribution < -0.4 is 5.32 Å². The van der Waals surface area contributed by atoms with Gasteiger partial charge in [0, 0.05) is 13.2 Å². The lowest BCUT2D eigenvalue weighted by molar-refractivity contribution is 0.0599. The maximum absolute atomic E-state index is 5.68. The first-order chi connectivity index (χ1) is 9.80. The largest absolute Gasteiger partial charge is 0.380 e. The first kappa shape index (κ1) is 15.5. The molecule has 20 heavy (non-hydrogen) atoms. The molecule has 0 heterocycles. The molecule has 3 atom stereocenters. The molecule has 0 bridgehead atoms. The maximum Gasteiger partial charge on any atom is 0.0721 e. The maximum atomic E-state index is 5.68. The lowest BCUT2D eigenvalue weighted by Gasteiger charge is -2.32. The van der Waals surface area contributed by atoms with E-state index in [1.807, 2.05) is 7.11 Å². The summed E-state index contributed by atoms with van der Waals surface area (Å²) in [6.45, 7) is 5.41. The Morgan fingerprint density at radius 3 is 2.80 bits per heavy atom. The third-order valence-corrected chi connectivity index (χ3v) is 4.65. The van der Waals surface area contributed by atoms with Crippen LogP contribution in [0.3, 0.4) is 0 Å². The molecule has 2 heteroatoms. The van der Waals surface area contributed by atoms with Crippen molar-refractivity contribution in [1.82, 2.24) is 5.32 Å². The van der Waals surface area contributed by atoms with Crippen molar-refractivity contribution in [3.8, 4) is 0 Å². The normalized spacial score (nSPS) is 21.2. The van der Waals surface area contributed by atoms with E-state index in [-0.39, 0.29) is 0 Å².